The zero-order chi connectivity index (χ0) is 19.7. The van der Waals surface area contributed by atoms with Crippen LogP contribution in [-0.2, 0) is 14.3 Å². The van der Waals surface area contributed by atoms with E-state index in [9.17, 15) is 18.8 Å². The summed E-state index contributed by atoms with van der Waals surface area (Å²) in [5, 5.41) is 2.28. The molecule has 0 saturated heterocycles. The third-order valence-electron chi connectivity index (χ3n) is 3.39. The number of rotatable bonds is 9. The van der Waals surface area contributed by atoms with E-state index in [0.29, 0.717) is 24.9 Å². The first-order valence-electron chi connectivity index (χ1n) is 8.66. The highest BCUT2D eigenvalue weighted by Crippen LogP contribution is 2.06. The number of halogens is 1. The second-order valence-electron chi connectivity index (χ2n) is 6.91. The summed E-state index contributed by atoms with van der Waals surface area (Å²) < 4.78 is 18.4. The molecular formula is C19H27FN2O4. The van der Waals surface area contributed by atoms with Gasteiger partial charge in [-0.05, 0) is 24.0 Å². The molecule has 0 fully saturated rings. The summed E-state index contributed by atoms with van der Waals surface area (Å²) in [5.74, 6) is -1.82. The first-order chi connectivity index (χ1) is 12.2. The topological polar surface area (TPSA) is 75.7 Å². The molecule has 1 aromatic rings. The highest BCUT2D eigenvalue weighted by molar-refractivity contribution is 5.96. The van der Waals surface area contributed by atoms with Crippen LogP contribution in [0.25, 0.3) is 0 Å². The van der Waals surface area contributed by atoms with Crippen LogP contribution in [0.5, 0.6) is 0 Å². The zero-order valence-corrected chi connectivity index (χ0v) is 15.8. The van der Waals surface area contributed by atoms with Gasteiger partial charge in [-0.25, -0.2) is 4.39 Å². The minimum absolute atomic E-state index is 0.156. The van der Waals surface area contributed by atoms with E-state index in [-0.39, 0.29) is 18.1 Å². The molecule has 144 valence electrons. The molecule has 0 spiro atoms. The van der Waals surface area contributed by atoms with E-state index in [1.54, 1.807) is 4.90 Å². The van der Waals surface area contributed by atoms with Gasteiger partial charge in [0.1, 0.15) is 12.4 Å². The molecule has 0 atom stereocenters. The van der Waals surface area contributed by atoms with Crippen molar-refractivity contribution in [3.8, 4) is 0 Å². The molecule has 1 aromatic carbocycles. The maximum atomic E-state index is 13.5. The van der Waals surface area contributed by atoms with Crippen LogP contribution in [-0.4, -0.2) is 48.9 Å². The molecule has 0 saturated carbocycles. The first kappa shape index (κ1) is 21.6. The van der Waals surface area contributed by atoms with Gasteiger partial charge in [0, 0.05) is 13.1 Å². The lowest BCUT2D eigenvalue weighted by atomic mass is 10.1. The standard InChI is InChI=1S/C19H27FN2O4/c1-13(2)10-22(11-14(3)4)17(23)12-26-18(24)9-21-19(25)15-7-5-6-8-16(15)20/h5-8,13-14H,9-12H2,1-4H3,(H,21,25). The van der Waals surface area contributed by atoms with Crippen molar-refractivity contribution in [3.05, 3.63) is 35.6 Å². The Hall–Kier alpha value is -2.44. The second kappa shape index (κ2) is 10.5. The molecule has 0 heterocycles. The Morgan fingerprint density at radius 2 is 1.65 bits per heavy atom. The van der Waals surface area contributed by atoms with Crippen LogP contribution in [0.3, 0.4) is 0 Å². The number of carbonyl (C=O) groups excluding carboxylic acids is 3. The van der Waals surface area contributed by atoms with Gasteiger partial charge in [-0.3, -0.25) is 14.4 Å². The third-order valence-corrected chi connectivity index (χ3v) is 3.39. The number of nitrogens with zero attached hydrogens (tertiary/aromatic N) is 1. The SMILES string of the molecule is CC(C)CN(CC(C)C)C(=O)COC(=O)CNC(=O)c1ccccc1F. The number of ether oxygens (including phenoxy) is 1. The summed E-state index contributed by atoms with van der Waals surface area (Å²) in [6.07, 6.45) is 0. The molecule has 1 rings (SSSR count). The van der Waals surface area contributed by atoms with Crippen molar-refractivity contribution in [2.24, 2.45) is 11.8 Å². The molecule has 2 amide bonds. The van der Waals surface area contributed by atoms with E-state index in [0.717, 1.165) is 6.07 Å². The molecule has 0 aliphatic heterocycles. The van der Waals surface area contributed by atoms with Crippen LogP contribution in [0.1, 0.15) is 38.1 Å². The number of hydrogen-bond donors (Lipinski definition) is 1. The Labute approximate surface area is 153 Å². The van der Waals surface area contributed by atoms with Gasteiger partial charge in [0.2, 0.25) is 0 Å². The van der Waals surface area contributed by atoms with Crippen molar-refractivity contribution in [2.45, 2.75) is 27.7 Å². The third kappa shape index (κ3) is 7.63. The highest BCUT2D eigenvalue weighted by atomic mass is 19.1. The van der Waals surface area contributed by atoms with E-state index in [1.165, 1.54) is 18.2 Å². The van der Waals surface area contributed by atoms with Crippen molar-refractivity contribution in [1.29, 1.82) is 0 Å². The molecule has 0 aromatic heterocycles. The van der Waals surface area contributed by atoms with Crippen LogP contribution in [0.15, 0.2) is 24.3 Å². The van der Waals surface area contributed by atoms with E-state index >= 15 is 0 Å². The highest BCUT2D eigenvalue weighted by Gasteiger charge is 2.18. The molecule has 0 radical (unpaired) electrons. The summed E-state index contributed by atoms with van der Waals surface area (Å²) in [7, 11) is 0. The largest absolute Gasteiger partial charge is 0.454 e. The fourth-order valence-corrected chi connectivity index (χ4v) is 2.34. The van der Waals surface area contributed by atoms with Gasteiger partial charge in [-0.1, -0.05) is 39.8 Å². The number of benzene rings is 1. The molecule has 6 nitrogen and oxygen atoms in total. The second-order valence-corrected chi connectivity index (χ2v) is 6.91. The van der Waals surface area contributed by atoms with Crippen LogP contribution in [0.4, 0.5) is 4.39 Å². The first-order valence-corrected chi connectivity index (χ1v) is 8.66. The fraction of sp³-hybridized carbons (Fsp3) is 0.526. The number of esters is 1. The molecule has 26 heavy (non-hydrogen) atoms. The van der Waals surface area contributed by atoms with Crippen molar-refractivity contribution in [2.75, 3.05) is 26.2 Å². The number of carbonyl (C=O) groups is 3. The predicted octanol–water partition coefficient (Wildman–Crippen LogP) is 2.24. The maximum absolute atomic E-state index is 13.5. The lowest BCUT2D eigenvalue weighted by Crippen LogP contribution is -2.40. The Kier molecular flexibility index (Phi) is 8.75. The van der Waals surface area contributed by atoms with Crippen LogP contribution >= 0.6 is 0 Å². The Bertz CT molecular complexity index is 622. The van der Waals surface area contributed by atoms with Gasteiger partial charge in [-0.2, -0.15) is 0 Å². The smallest absolute Gasteiger partial charge is 0.325 e. The molecule has 0 bridgehead atoms. The van der Waals surface area contributed by atoms with Crippen molar-refractivity contribution < 1.29 is 23.5 Å². The van der Waals surface area contributed by atoms with Gasteiger partial charge < -0.3 is 15.0 Å². The monoisotopic (exact) mass is 366 g/mol. The minimum atomic E-state index is -0.753. The van der Waals surface area contributed by atoms with Gasteiger partial charge in [0.15, 0.2) is 6.61 Å². The average molecular weight is 366 g/mol. The average Bonchev–Trinajstić information content (AvgIpc) is 2.56. The quantitative estimate of drug-likeness (QED) is 0.680. The minimum Gasteiger partial charge on any atom is -0.454 e. The molecule has 0 aliphatic rings. The van der Waals surface area contributed by atoms with E-state index < -0.39 is 24.2 Å². The van der Waals surface area contributed by atoms with Gasteiger partial charge in [0.05, 0.1) is 5.56 Å². The summed E-state index contributed by atoms with van der Waals surface area (Å²) in [6, 6.07) is 5.46. The lowest BCUT2D eigenvalue weighted by molar-refractivity contribution is -0.151. The van der Waals surface area contributed by atoms with E-state index in [4.69, 9.17) is 4.74 Å². The van der Waals surface area contributed by atoms with Crippen LogP contribution in [0.2, 0.25) is 0 Å². The number of amides is 2. The van der Waals surface area contributed by atoms with E-state index in [2.05, 4.69) is 5.32 Å². The zero-order valence-electron chi connectivity index (χ0n) is 15.8. The Morgan fingerprint density at radius 1 is 1.08 bits per heavy atom. The molecular weight excluding hydrogens is 339 g/mol. The van der Waals surface area contributed by atoms with Gasteiger partial charge in [-0.15, -0.1) is 0 Å². The normalized spacial score (nSPS) is 10.7. The molecule has 1 N–H and O–H groups in total. The van der Waals surface area contributed by atoms with Crippen LogP contribution < -0.4 is 5.32 Å². The van der Waals surface area contributed by atoms with Crippen molar-refractivity contribution in [3.63, 3.8) is 0 Å². The van der Waals surface area contributed by atoms with Crippen molar-refractivity contribution >= 4 is 17.8 Å². The lowest BCUT2D eigenvalue weighted by Gasteiger charge is -2.26. The van der Waals surface area contributed by atoms with E-state index in [1.807, 2.05) is 27.7 Å². The number of nitrogens with one attached hydrogen (secondary N) is 1. The molecule has 0 aliphatic carbocycles. The number of hydrogen-bond acceptors (Lipinski definition) is 4. The fourth-order valence-electron chi connectivity index (χ4n) is 2.34. The van der Waals surface area contributed by atoms with Crippen molar-refractivity contribution in [1.82, 2.24) is 10.2 Å². The Morgan fingerprint density at radius 3 is 2.19 bits per heavy atom. The van der Waals surface area contributed by atoms with Crippen LogP contribution in [0, 0.1) is 17.7 Å². The Balaban J connectivity index is 2.46. The molecule has 0 unspecified atom stereocenters. The van der Waals surface area contributed by atoms with Gasteiger partial charge in [0.25, 0.3) is 11.8 Å². The summed E-state index contributed by atoms with van der Waals surface area (Å²) in [6.45, 7) is 8.37. The maximum Gasteiger partial charge on any atom is 0.325 e. The summed E-state index contributed by atoms with van der Waals surface area (Å²) in [5.41, 5.74) is -0.156. The summed E-state index contributed by atoms with van der Waals surface area (Å²) >= 11 is 0. The summed E-state index contributed by atoms with van der Waals surface area (Å²) in [4.78, 5) is 37.5. The predicted molar refractivity (Wildman–Crippen MR) is 95.9 cm³/mol. The van der Waals surface area contributed by atoms with Gasteiger partial charge >= 0.3 is 5.97 Å². The molecule has 7 heteroatoms.